The van der Waals surface area contributed by atoms with Crippen molar-refractivity contribution in [3.63, 3.8) is 0 Å². The minimum atomic E-state index is -4.68. The molecule has 2 heterocycles. The van der Waals surface area contributed by atoms with Crippen LogP contribution in [-0.2, 0) is 10.9 Å². The molecule has 1 aliphatic heterocycles. The molecule has 33 heavy (non-hydrogen) atoms. The fourth-order valence-corrected chi connectivity index (χ4v) is 4.18. The van der Waals surface area contributed by atoms with Crippen molar-refractivity contribution in [2.24, 2.45) is 0 Å². The second-order valence-electron chi connectivity index (χ2n) is 8.07. The van der Waals surface area contributed by atoms with E-state index >= 15 is 0 Å². The predicted octanol–water partition coefficient (Wildman–Crippen LogP) is 3.96. The van der Waals surface area contributed by atoms with Crippen LogP contribution in [0.25, 0.3) is 11.0 Å². The van der Waals surface area contributed by atoms with E-state index < -0.39 is 29.3 Å². The van der Waals surface area contributed by atoms with E-state index in [9.17, 15) is 28.0 Å². The van der Waals surface area contributed by atoms with Crippen molar-refractivity contribution in [1.82, 2.24) is 14.9 Å². The number of nitrogens with zero attached hydrogens (tertiary/aromatic N) is 4. The second kappa shape index (κ2) is 8.59. The third kappa shape index (κ3) is 4.23. The van der Waals surface area contributed by atoms with Gasteiger partial charge >= 0.3 is 12.3 Å². The Balaban J connectivity index is 1.64. The van der Waals surface area contributed by atoms with Gasteiger partial charge in [0.15, 0.2) is 0 Å². The number of methoxy groups -OCH3 is 1. The predicted molar refractivity (Wildman–Crippen MR) is 110 cm³/mol. The molecule has 1 aliphatic carbocycles. The number of piperazine rings is 1. The summed E-state index contributed by atoms with van der Waals surface area (Å²) in [5.74, 6) is -1.01. The number of fused-ring (bicyclic) bond motifs is 1. The maximum Gasteiger partial charge on any atom is 0.424 e. The maximum atomic E-state index is 13.7. The van der Waals surface area contributed by atoms with Crippen LogP contribution in [0.15, 0.2) is 16.5 Å². The molecule has 0 radical (unpaired) electrons. The first-order chi connectivity index (χ1) is 15.7. The van der Waals surface area contributed by atoms with Crippen LogP contribution in [0.3, 0.4) is 0 Å². The van der Waals surface area contributed by atoms with Crippen molar-refractivity contribution in [2.45, 2.75) is 31.9 Å². The summed E-state index contributed by atoms with van der Waals surface area (Å²) in [5, 5.41) is 12.9. The smallest absolute Gasteiger partial charge is 0.424 e. The highest BCUT2D eigenvalue weighted by Crippen LogP contribution is 2.46. The van der Waals surface area contributed by atoms with E-state index in [1.54, 1.807) is 11.9 Å². The number of amides is 2. The van der Waals surface area contributed by atoms with E-state index in [4.69, 9.17) is 9.15 Å². The van der Waals surface area contributed by atoms with Crippen LogP contribution in [0.4, 0.5) is 18.0 Å². The first-order valence-electron chi connectivity index (χ1n) is 10.7. The summed E-state index contributed by atoms with van der Waals surface area (Å²) in [6.45, 7) is 3.21. The standard InChI is InChI=1S/C22H23F3N4O4/c1-3-29(21(31)32-2)28-8-6-27(7-9-28)20(30)19-16(12-26)15-10-14(13-4-5-13)11-17(18(15)33-19)22(23,24)25/h10-11,13H,3-9H2,1-2H3. The van der Waals surface area contributed by atoms with Gasteiger partial charge in [0.25, 0.3) is 5.91 Å². The van der Waals surface area contributed by atoms with E-state index in [2.05, 4.69) is 0 Å². The van der Waals surface area contributed by atoms with Crippen LogP contribution in [0.1, 0.15) is 52.9 Å². The molecule has 1 aromatic heterocycles. The first kappa shape index (κ1) is 22.9. The molecule has 1 saturated heterocycles. The molecule has 0 N–H and O–H groups in total. The minimum absolute atomic E-state index is 0.0130. The highest BCUT2D eigenvalue weighted by molar-refractivity contribution is 6.01. The number of carbonyl (C=O) groups is 2. The van der Waals surface area contributed by atoms with E-state index in [0.717, 1.165) is 18.9 Å². The molecular formula is C22H23F3N4O4. The monoisotopic (exact) mass is 464 g/mol. The van der Waals surface area contributed by atoms with Crippen molar-refractivity contribution in [3.05, 3.63) is 34.6 Å². The Morgan fingerprint density at radius 3 is 2.42 bits per heavy atom. The molecule has 0 bridgehead atoms. The lowest BCUT2D eigenvalue weighted by atomic mass is 10.0. The van der Waals surface area contributed by atoms with Gasteiger partial charge in [0, 0.05) is 38.1 Å². The van der Waals surface area contributed by atoms with Crippen molar-refractivity contribution in [1.29, 1.82) is 5.26 Å². The zero-order valence-corrected chi connectivity index (χ0v) is 18.2. The molecule has 8 nitrogen and oxygen atoms in total. The number of halogens is 3. The van der Waals surface area contributed by atoms with Crippen LogP contribution in [-0.4, -0.2) is 66.8 Å². The Hall–Kier alpha value is -3.26. The van der Waals surface area contributed by atoms with Crippen molar-refractivity contribution in [2.75, 3.05) is 39.8 Å². The van der Waals surface area contributed by atoms with Gasteiger partial charge in [-0.25, -0.2) is 14.8 Å². The van der Waals surface area contributed by atoms with E-state index in [-0.39, 0.29) is 35.7 Å². The molecule has 0 unspecified atom stereocenters. The second-order valence-corrected chi connectivity index (χ2v) is 8.07. The molecule has 2 aliphatic rings. The molecule has 0 spiro atoms. The highest BCUT2D eigenvalue weighted by atomic mass is 19.4. The number of hydrogen-bond acceptors (Lipinski definition) is 6. The van der Waals surface area contributed by atoms with Crippen molar-refractivity contribution in [3.8, 4) is 6.07 Å². The Bertz CT molecular complexity index is 1130. The van der Waals surface area contributed by atoms with Gasteiger partial charge in [-0.1, -0.05) is 0 Å². The third-order valence-electron chi connectivity index (χ3n) is 6.04. The summed E-state index contributed by atoms with van der Waals surface area (Å²) in [6, 6.07) is 4.47. The molecule has 4 rings (SSSR count). The van der Waals surface area contributed by atoms with Gasteiger partial charge in [0.05, 0.1) is 12.7 Å². The highest BCUT2D eigenvalue weighted by Gasteiger charge is 2.39. The number of alkyl halides is 3. The Kier molecular flexibility index (Phi) is 5.97. The normalized spacial score (nSPS) is 17.2. The number of hydrogen-bond donors (Lipinski definition) is 0. The molecule has 2 aromatic rings. The zero-order chi connectivity index (χ0) is 23.9. The Morgan fingerprint density at radius 2 is 1.91 bits per heavy atom. The fraction of sp³-hybridized carbons (Fsp3) is 0.500. The molecule has 1 saturated carbocycles. The largest absolute Gasteiger partial charge is 0.452 e. The number of carbonyl (C=O) groups excluding carboxylic acids is 2. The minimum Gasteiger partial charge on any atom is -0.452 e. The topological polar surface area (TPSA) is 90.0 Å². The van der Waals surface area contributed by atoms with Crippen LogP contribution in [0.2, 0.25) is 0 Å². The van der Waals surface area contributed by atoms with Crippen molar-refractivity contribution >= 4 is 23.0 Å². The first-order valence-corrected chi connectivity index (χ1v) is 10.7. The summed E-state index contributed by atoms with van der Waals surface area (Å²) < 4.78 is 51.4. The Labute approximate surface area is 188 Å². The van der Waals surface area contributed by atoms with Gasteiger partial charge in [0.1, 0.15) is 17.2 Å². The lowest BCUT2D eigenvalue weighted by Gasteiger charge is -2.39. The van der Waals surface area contributed by atoms with Crippen LogP contribution < -0.4 is 0 Å². The van der Waals surface area contributed by atoms with Gasteiger partial charge in [-0.3, -0.25) is 4.79 Å². The molecule has 1 aromatic carbocycles. The third-order valence-corrected chi connectivity index (χ3v) is 6.04. The molecule has 176 valence electrons. The van der Waals surface area contributed by atoms with E-state index in [1.807, 2.05) is 6.07 Å². The van der Waals surface area contributed by atoms with Crippen LogP contribution >= 0.6 is 0 Å². The quantitative estimate of drug-likeness (QED) is 0.681. The Morgan fingerprint density at radius 1 is 1.24 bits per heavy atom. The van der Waals surface area contributed by atoms with Gasteiger partial charge in [-0.15, -0.1) is 0 Å². The number of furan rings is 1. The molecule has 2 fully saturated rings. The molecular weight excluding hydrogens is 441 g/mol. The summed E-state index contributed by atoms with van der Waals surface area (Å²) in [6.07, 6.45) is -3.62. The van der Waals surface area contributed by atoms with Crippen LogP contribution in [0, 0.1) is 11.3 Å². The van der Waals surface area contributed by atoms with Gasteiger partial charge in [-0.05, 0) is 43.4 Å². The average Bonchev–Trinajstić information content (AvgIpc) is 3.58. The summed E-state index contributed by atoms with van der Waals surface area (Å²) in [7, 11) is 1.28. The van der Waals surface area contributed by atoms with Gasteiger partial charge in [-0.2, -0.15) is 18.4 Å². The molecule has 11 heteroatoms. The number of nitriles is 1. The molecule has 2 amide bonds. The van der Waals surface area contributed by atoms with Gasteiger partial charge < -0.3 is 14.1 Å². The summed E-state index contributed by atoms with van der Waals surface area (Å²) in [5.41, 5.74) is -1.15. The lowest BCUT2D eigenvalue weighted by Crippen LogP contribution is -2.56. The maximum absolute atomic E-state index is 13.7. The number of benzene rings is 1. The lowest BCUT2D eigenvalue weighted by molar-refractivity contribution is -0.136. The molecule has 0 atom stereocenters. The summed E-state index contributed by atoms with van der Waals surface area (Å²) >= 11 is 0. The SMILES string of the molecule is CCN(C(=O)OC)N1CCN(C(=O)c2oc3c(C(F)(F)F)cc(C4CC4)cc3c2C#N)CC1. The van der Waals surface area contributed by atoms with Crippen LogP contribution in [0.5, 0.6) is 0 Å². The fourth-order valence-electron chi connectivity index (χ4n) is 4.18. The van der Waals surface area contributed by atoms with E-state index in [0.29, 0.717) is 25.2 Å². The number of rotatable bonds is 4. The average molecular weight is 464 g/mol. The van der Waals surface area contributed by atoms with Crippen molar-refractivity contribution < 1.29 is 31.9 Å². The number of hydrazine groups is 1. The summed E-state index contributed by atoms with van der Waals surface area (Å²) in [4.78, 5) is 26.5. The van der Waals surface area contributed by atoms with Gasteiger partial charge in [0.2, 0.25) is 5.76 Å². The number of ether oxygens (including phenoxy) is 1. The zero-order valence-electron chi connectivity index (χ0n) is 18.2. The van der Waals surface area contributed by atoms with E-state index in [1.165, 1.54) is 23.1 Å².